The van der Waals surface area contributed by atoms with Crippen LogP contribution in [-0.2, 0) is 0 Å². The number of aromatic nitrogens is 2. The van der Waals surface area contributed by atoms with Crippen molar-refractivity contribution in [3.8, 4) is 0 Å². The lowest BCUT2D eigenvalue weighted by atomic mass is 10.4. The molecule has 9 heteroatoms. The van der Waals surface area contributed by atoms with E-state index in [2.05, 4.69) is 43.8 Å². The number of hydrogen-bond donors (Lipinski definition) is 3. The van der Waals surface area contributed by atoms with Gasteiger partial charge in [0.05, 0.1) is 0 Å². The van der Waals surface area contributed by atoms with Crippen LogP contribution in [0.1, 0.15) is 32.6 Å². The Morgan fingerprint density at radius 1 is 1.00 bits per heavy atom. The van der Waals surface area contributed by atoms with Gasteiger partial charge in [-0.2, -0.15) is 9.97 Å². The van der Waals surface area contributed by atoms with Crippen LogP contribution in [0.2, 0.25) is 0 Å². The molecule has 2 fully saturated rings. The fraction of sp³-hybridized carbons (Fsp3) is 0.750. The van der Waals surface area contributed by atoms with Gasteiger partial charge in [-0.05, 0) is 39.7 Å². The molecule has 0 radical (unpaired) electrons. The third-order valence-electron chi connectivity index (χ3n) is 5.44. The van der Waals surface area contributed by atoms with Crippen molar-refractivity contribution in [2.24, 2.45) is 0 Å². The van der Waals surface area contributed by atoms with E-state index >= 15 is 0 Å². The van der Waals surface area contributed by atoms with Crippen molar-refractivity contribution in [1.82, 2.24) is 25.5 Å². The van der Waals surface area contributed by atoms with Gasteiger partial charge in [-0.15, -0.1) is 0 Å². The molecule has 2 aliphatic rings. The van der Waals surface area contributed by atoms with Crippen LogP contribution in [0, 0.1) is 0 Å². The van der Waals surface area contributed by atoms with Gasteiger partial charge in [0.15, 0.2) is 0 Å². The Labute approximate surface area is 174 Å². The standard InChI is InChI=1S/C20H36N8O/c1-3-21-20(29)23-9-15-26(2)14-8-22-17-16-18(27-10-4-5-11-27)25-19(24-17)28-12-6-7-13-28/h16H,3-15H2,1-2H3,(H2,21,23,29)(H,22,24,25). The Bertz CT molecular complexity index is 609. The van der Waals surface area contributed by atoms with Gasteiger partial charge < -0.3 is 30.7 Å². The van der Waals surface area contributed by atoms with Crippen molar-refractivity contribution in [2.75, 3.05) is 81.1 Å². The summed E-state index contributed by atoms with van der Waals surface area (Å²) >= 11 is 0. The van der Waals surface area contributed by atoms with Crippen molar-refractivity contribution in [1.29, 1.82) is 0 Å². The van der Waals surface area contributed by atoms with Gasteiger partial charge in [0.25, 0.3) is 0 Å². The molecule has 2 amide bonds. The van der Waals surface area contributed by atoms with Crippen LogP contribution in [0.3, 0.4) is 0 Å². The van der Waals surface area contributed by atoms with E-state index < -0.39 is 0 Å². The number of anilines is 3. The summed E-state index contributed by atoms with van der Waals surface area (Å²) in [6.07, 6.45) is 4.91. The summed E-state index contributed by atoms with van der Waals surface area (Å²) in [5.74, 6) is 2.80. The van der Waals surface area contributed by atoms with Crippen LogP contribution in [0.4, 0.5) is 22.4 Å². The van der Waals surface area contributed by atoms with Crippen LogP contribution in [0.25, 0.3) is 0 Å². The van der Waals surface area contributed by atoms with Gasteiger partial charge in [-0.3, -0.25) is 0 Å². The normalized spacial score (nSPS) is 16.5. The summed E-state index contributed by atoms with van der Waals surface area (Å²) in [4.78, 5) is 27.9. The summed E-state index contributed by atoms with van der Waals surface area (Å²) in [6.45, 7) is 9.92. The van der Waals surface area contributed by atoms with E-state index in [4.69, 9.17) is 9.97 Å². The minimum atomic E-state index is -0.108. The summed E-state index contributed by atoms with van der Waals surface area (Å²) in [5.41, 5.74) is 0. The Hall–Kier alpha value is -2.29. The number of carbonyl (C=O) groups excluding carboxylic acids is 1. The second-order valence-electron chi connectivity index (χ2n) is 7.82. The van der Waals surface area contributed by atoms with Gasteiger partial charge in [-0.1, -0.05) is 0 Å². The zero-order valence-corrected chi connectivity index (χ0v) is 17.9. The molecular formula is C20H36N8O. The average Bonchev–Trinajstić information content (AvgIpc) is 3.42. The molecule has 0 aliphatic carbocycles. The maximum absolute atomic E-state index is 11.4. The highest BCUT2D eigenvalue weighted by atomic mass is 16.2. The Morgan fingerprint density at radius 2 is 1.66 bits per heavy atom. The van der Waals surface area contributed by atoms with Crippen LogP contribution >= 0.6 is 0 Å². The predicted octanol–water partition coefficient (Wildman–Crippen LogP) is 1.34. The quantitative estimate of drug-likeness (QED) is 0.542. The maximum atomic E-state index is 11.4. The monoisotopic (exact) mass is 404 g/mol. The highest BCUT2D eigenvalue weighted by Gasteiger charge is 2.20. The van der Waals surface area contributed by atoms with E-state index in [1.165, 1.54) is 25.7 Å². The Kier molecular flexibility index (Phi) is 8.15. The minimum Gasteiger partial charge on any atom is -0.369 e. The lowest BCUT2D eigenvalue weighted by Crippen LogP contribution is -2.40. The van der Waals surface area contributed by atoms with Crippen molar-refractivity contribution in [3.05, 3.63) is 6.07 Å². The molecule has 0 saturated carbocycles. The Morgan fingerprint density at radius 3 is 2.34 bits per heavy atom. The Balaban J connectivity index is 1.50. The van der Waals surface area contributed by atoms with E-state index in [0.717, 1.165) is 63.4 Å². The number of likely N-dealkylation sites (N-methyl/N-ethyl adjacent to an activating group) is 1. The summed E-state index contributed by atoms with van der Waals surface area (Å²) in [7, 11) is 2.06. The van der Waals surface area contributed by atoms with Gasteiger partial charge in [0, 0.05) is 65.0 Å². The second kappa shape index (κ2) is 11.0. The molecule has 1 aromatic rings. The average molecular weight is 405 g/mol. The first-order chi connectivity index (χ1) is 14.2. The fourth-order valence-corrected chi connectivity index (χ4v) is 3.75. The number of rotatable bonds is 10. The van der Waals surface area contributed by atoms with E-state index in [0.29, 0.717) is 13.1 Å². The first-order valence-corrected chi connectivity index (χ1v) is 11.0. The van der Waals surface area contributed by atoms with E-state index in [9.17, 15) is 4.79 Å². The highest BCUT2D eigenvalue weighted by molar-refractivity contribution is 5.73. The molecule has 1 aromatic heterocycles. The van der Waals surface area contributed by atoms with E-state index in [1.807, 2.05) is 6.92 Å². The zero-order chi connectivity index (χ0) is 20.5. The molecule has 3 heterocycles. The van der Waals surface area contributed by atoms with Crippen molar-refractivity contribution in [3.63, 3.8) is 0 Å². The predicted molar refractivity (Wildman–Crippen MR) is 118 cm³/mol. The van der Waals surface area contributed by atoms with Crippen LogP contribution < -0.4 is 25.8 Å². The molecule has 2 aliphatic heterocycles. The van der Waals surface area contributed by atoms with Crippen molar-refractivity contribution < 1.29 is 4.79 Å². The zero-order valence-electron chi connectivity index (χ0n) is 17.9. The lowest BCUT2D eigenvalue weighted by molar-refractivity contribution is 0.239. The molecule has 0 aromatic carbocycles. The molecule has 29 heavy (non-hydrogen) atoms. The number of hydrogen-bond acceptors (Lipinski definition) is 7. The van der Waals surface area contributed by atoms with Crippen LogP contribution in [-0.4, -0.2) is 86.8 Å². The van der Waals surface area contributed by atoms with Crippen LogP contribution in [0.15, 0.2) is 6.07 Å². The molecule has 2 saturated heterocycles. The largest absolute Gasteiger partial charge is 0.369 e. The molecule has 162 valence electrons. The number of urea groups is 1. The van der Waals surface area contributed by atoms with Gasteiger partial charge >= 0.3 is 6.03 Å². The van der Waals surface area contributed by atoms with Gasteiger partial charge in [-0.25, -0.2) is 4.79 Å². The minimum absolute atomic E-state index is 0.108. The first-order valence-electron chi connectivity index (χ1n) is 11.0. The molecule has 3 rings (SSSR count). The maximum Gasteiger partial charge on any atom is 0.314 e. The molecule has 3 N–H and O–H groups in total. The summed E-state index contributed by atoms with van der Waals surface area (Å²) in [6, 6.07) is 1.98. The third kappa shape index (κ3) is 6.62. The molecule has 0 spiro atoms. The smallest absolute Gasteiger partial charge is 0.314 e. The van der Waals surface area contributed by atoms with Crippen molar-refractivity contribution >= 4 is 23.6 Å². The third-order valence-corrected chi connectivity index (χ3v) is 5.44. The SMILES string of the molecule is CCNC(=O)NCCN(C)CCNc1cc(N2CCCC2)nc(N2CCCC2)n1. The highest BCUT2D eigenvalue weighted by Crippen LogP contribution is 2.25. The summed E-state index contributed by atoms with van der Waals surface area (Å²) in [5, 5.41) is 9.07. The molecule has 0 unspecified atom stereocenters. The van der Waals surface area contributed by atoms with E-state index in [-0.39, 0.29) is 6.03 Å². The second-order valence-corrected chi connectivity index (χ2v) is 7.82. The molecule has 0 bridgehead atoms. The summed E-state index contributed by atoms with van der Waals surface area (Å²) < 4.78 is 0. The molecule has 9 nitrogen and oxygen atoms in total. The topological polar surface area (TPSA) is 88.7 Å². The first kappa shape index (κ1) is 21.4. The van der Waals surface area contributed by atoms with Crippen molar-refractivity contribution in [2.45, 2.75) is 32.6 Å². The van der Waals surface area contributed by atoms with Crippen LogP contribution in [0.5, 0.6) is 0 Å². The lowest BCUT2D eigenvalue weighted by Gasteiger charge is -2.22. The molecular weight excluding hydrogens is 368 g/mol. The van der Waals surface area contributed by atoms with E-state index in [1.54, 1.807) is 0 Å². The number of carbonyl (C=O) groups is 1. The fourth-order valence-electron chi connectivity index (χ4n) is 3.75. The number of nitrogens with zero attached hydrogens (tertiary/aromatic N) is 5. The number of amides is 2. The number of nitrogens with one attached hydrogen (secondary N) is 3. The molecule has 0 atom stereocenters. The van der Waals surface area contributed by atoms with Gasteiger partial charge in [0.1, 0.15) is 11.6 Å². The van der Waals surface area contributed by atoms with Gasteiger partial charge in [0.2, 0.25) is 5.95 Å².